The molecule has 1 spiro atoms. The Balaban J connectivity index is 1.14. The summed E-state index contributed by atoms with van der Waals surface area (Å²) in [6, 6.07) is 8.03. The van der Waals surface area contributed by atoms with Gasteiger partial charge in [-0.25, -0.2) is 13.1 Å². The Morgan fingerprint density at radius 3 is 2.69 bits per heavy atom. The predicted molar refractivity (Wildman–Crippen MR) is 111 cm³/mol. The summed E-state index contributed by atoms with van der Waals surface area (Å²) in [5.41, 5.74) is 2.12. The van der Waals surface area contributed by atoms with Crippen LogP contribution in [0.15, 0.2) is 30.6 Å². The predicted octanol–water partition coefficient (Wildman–Crippen LogP) is 1.81. The van der Waals surface area contributed by atoms with E-state index in [1.54, 1.807) is 6.20 Å². The molecule has 0 bridgehead atoms. The van der Waals surface area contributed by atoms with Gasteiger partial charge in [-0.2, -0.15) is 5.10 Å². The van der Waals surface area contributed by atoms with Crippen LogP contribution in [0.1, 0.15) is 26.2 Å². The Morgan fingerprint density at radius 2 is 2.03 bits per heavy atom. The summed E-state index contributed by atoms with van der Waals surface area (Å²) in [5.74, 6) is 2.05. The van der Waals surface area contributed by atoms with E-state index in [-0.39, 0.29) is 5.41 Å². The summed E-state index contributed by atoms with van der Waals surface area (Å²) in [7, 11) is -2.74. The van der Waals surface area contributed by atoms with Crippen molar-refractivity contribution in [1.29, 1.82) is 0 Å². The van der Waals surface area contributed by atoms with Crippen LogP contribution < -0.4 is 4.90 Å². The number of anilines is 1. The van der Waals surface area contributed by atoms with Crippen LogP contribution in [-0.2, 0) is 16.4 Å². The van der Waals surface area contributed by atoms with E-state index in [0.717, 1.165) is 37.3 Å². The Hall–Kier alpha value is -1.93. The number of sulfone groups is 1. The third-order valence-corrected chi connectivity index (χ3v) is 9.52. The molecule has 4 fully saturated rings. The molecule has 2 aromatic rings. The molecule has 0 N–H and O–H groups in total. The first-order chi connectivity index (χ1) is 14.0. The van der Waals surface area contributed by atoms with Crippen molar-refractivity contribution < 1.29 is 8.42 Å². The Morgan fingerprint density at radius 1 is 1.24 bits per heavy atom. The number of aromatic nitrogens is 3. The van der Waals surface area contributed by atoms with E-state index in [9.17, 15) is 8.42 Å². The maximum atomic E-state index is 11.7. The molecule has 3 aliphatic heterocycles. The Bertz CT molecular complexity index is 1030. The lowest BCUT2D eigenvalue weighted by Crippen LogP contribution is -2.50. The summed E-state index contributed by atoms with van der Waals surface area (Å²) in [5, 5.41) is 4.80. The van der Waals surface area contributed by atoms with Gasteiger partial charge in [0.15, 0.2) is 9.84 Å². The van der Waals surface area contributed by atoms with Crippen LogP contribution in [0.4, 0.5) is 5.82 Å². The monoisotopic (exact) mass is 413 g/mol. The average molecular weight is 414 g/mol. The first-order valence-electron chi connectivity index (χ1n) is 10.7. The van der Waals surface area contributed by atoms with Gasteiger partial charge in [-0.1, -0.05) is 0 Å². The van der Waals surface area contributed by atoms with Crippen LogP contribution in [0.2, 0.25) is 0 Å². The van der Waals surface area contributed by atoms with Crippen molar-refractivity contribution in [3.8, 4) is 11.3 Å². The topological polar surface area (TPSA) is 71.1 Å². The van der Waals surface area contributed by atoms with Gasteiger partial charge in [0.1, 0.15) is 5.82 Å². The van der Waals surface area contributed by atoms with Gasteiger partial charge in [-0.3, -0.25) is 9.88 Å². The van der Waals surface area contributed by atoms with Crippen LogP contribution in [0.5, 0.6) is 0 Å². The lowest BCUT2D eigenvalue weighted by atomic mass is 9.91. The molecule has 154 valence electrons. The largest absolute Gasteiger partial charge is 0.347 e. The molecule has 0 aromatic carbocycles. The Labute approximate surface area is 171 Å². The molecule has 6 rings (SSSR count). The second-order valence-electron chi connectivity index (χ2n) is 9.37. The fraction of sp³-hybridized carbons (Fsp3) is 0.619. The highest BCUT2D eigenvalue weighted by atomic mass is 32.2. The molecule has 2 aromatic heterocycles. The molecule has 4 aliphatic rings. The van der Waals surface area contributed by atoms with Crippen molar-refractivity contribution in [3.63, 3.8) is 0 Å². The van der Waals surface area contributed by atoms with E-state index in [4.69, 9.17) is 5.10 Å². The van der Waals surface area contributed by atoms with E-state index in [1.807, 2.05) is 12.3 Å². The highest BCUT2D eigenvalue weighted by Crippen LogP contribution is 2.50. The molecule has 1 aliphatic carbocycles. The van der Waals surface area contributed by atoms with E-state index in [0.29, 0.717) is 29.6 Å². The summed E-state index contributed by atoms with van der Waals surface area (Å²) < 4.78 is 25.4. The molecule has 0 amide bonds. The second kappa shape index (κ2) is 6.04. The SMILES string of the molecule is CCn1nc(-c2cccnc2)cc1N1[C@@H]2CC(N3CCC4(C3)CS(=O)(=O)C4)C[C@@H]21. The number of hydrogen-bond acceptors (Lipinski definition) is 6. The van der Waals surface area contributed by atoms with E-state index >= 15 is 0 Å². The van der Waals surface area contributed by atoms with Crippen LogP contribution in [0, 0.1) is 5.41 Å². The number of likely N-dealkylation sites (tertiary alicyclic amines) is 1. The first-order valence-corrected chi connectivity index (χ1v) is 12.5. The number of piperidine rings is 1. The molecule has 3 saturated heterocycles. The molecule has 1 saturated carbocycles. The standard InChI is InChI=1S/C21H27N5O2S/c1-2-25-20(10-17(23-25)15-4-3-6-22-11-15)26-18-8-16(9-19(18)26)24-7-5-21(12-24)13-29(27,28)14-21/h3-4,6,10-11,16,18-19H,2,5,7-9,12-14H2,1H3/t16?,18-,19+,26?. The molecule has 3 atom stereocenters. The second-order valence-corrected chi connectivity index (χ2v) is 11.4. The van der Waals surface area contributed by atoms with Crippen molar-refractivity contribution >= 4 is 15.7 Å². The minimum atomic E-state index is -2.74. The molecular weight excluding hydrogens is 386 g/mol. The smallest absolute Gasteiger partial charge is 0.151 e. The van der Waals surface area contributed by atoms with Crippen molar-refractivity contribution in [2.45, 2.75) is 50.9 Å². The minimum absolute atomic E-state index is 0.0742. The van der Waals surface area contributed by atoms with Crippen molar-refractivity contribution in [2.24, 2.45) is 5.41 Å². The van der Waals surface area contributed by atoms with Crippen LogP contribution in [0.25, 0.3) is 11.3 Å². The molecule has 29 heavy (non-hydrogen) atoms. The lowest BCUT2D eigenvalue weighted by Gasteiger charge is -2.38. The lowest BCUT2D eigenvalue weighted by molar-refractivity contribution is 0.209. The van der Waals surface area contributed by atoms with E-state index < -0.39 is 9.84 Å². The zero-order valence-electron chi connectivity index (χ0n) is 16.7. The van der Waals surface area contributed by atoms with Gasteiger partial charge >= 0.3 is 0 Å². The third kappa shape index (κ3) is 2.83. The number of pyridine rings is 1. The van der Waals surface area contributed by atoms with Crippen LogP contribution >= 0.6 is 0 Å². The zero-order valence-corrected chi connectivity index (χ0v) is 17.6. The highest BCUT2D eigenvalue weighted by Gasteiger charge is 2.59. The molecule has 5 heterocycles. The quantitative estimate of drug-likeness (QED) is 0.712. The van der Waals surface area contributed by atoms with Gasteiger partial charge < -0.3 is 4.90 Å². The molecular formula is C21H27N5O2S. The summed E-state index contributed by atoms with van der Waals surface area (Å²) >= 11 is 0. The van der Waals surface area contributed by atoms with Gasteiger partial charge in [-0.05, 0) is 44.9 Å². The number of fused-ring (bicyclic) bond motifs is 1. The van der Waals surface area contributed by atoms with Crippen molar-refractivity contribution in [2.75, 3.05) is 29.5 Å². The van der Waals surface area contributed by atoms with E-state index in [1.165, 1.54) is 18.7 Å². The molecule has 7 nitrogen and oxygen atoms in total. The average Bonchev–Trinajstić information content (AvgIpc) is 3.13. The fourth-order valence-electron chi connectivity index (χ4n) is 6.08. The zero-order chi connectivity index (χ0) is 19.8. The molecule has 1 unspecified atom stereocenters. The maximum Gasteiger partial charge on any atom is 0.151 e. The van der Waals surface area contributed by atoms with Gasteiger partial charge in [0.25, 0.3) is 0 Å². The number of nitrogens with zero attached hydrogens (tertiary/aromatic N) is 5. The van der Waals surface area contributed by atoms with Crippen molar-refractivity contribution in [1.82, 2.24) is 19.7 Å². The maximum absolute atomic E-state index is 11.7. The van der Waals surface area contributed by atoms with Gasteiger partial charge in [0.05, 0.1) is 29.3 Å². The third-order valence-electron chi connectivity index (χ3n) is 7.41. The summed E-state index contributed by atoms with van der Waals surface area (Å²) in [4.78, 5) is 9.34. The number of hydrogen-bond donors (Lipinski definition) is 0. The van der Waals surface area contributed by atoms with Crippen LogP contribution in [-0.4, -0.2) is 70.8 Å². The Kier molecular flexibility index (Phi) is 3.73. The van der Waals surface area contributed by atoms with Gasteiger partial charge in [0.2, 0.25) is 0 Å². The molecule has 8 heteroatoms. The number of aryl methyl sites for hydroxylation is 1. The van der Waals surface area contributed by atoms with Gasteiger partial charge in [0, 0.05) is 48.6 Å². The fourth-order valence-corrected chi connectivity index (χ4v) is 8.33. The summed E-state index contributed by atoms with van der Waals surface area (Å²) in [6.45, 7) is 5.05. The van der Waals surface area contributed by atoms with Crippen LogP contribution in [0.3, 0.4) is 0 Å². The molecule has 0 radical (unpaired) electrons. The van der Waals surface area contributed by atoms with E-state index in [2.05, 4.69) is 38.5 Å². The summed E-state index contributed by atoms with van der Waals surface area (Å²) in [6.07, 6.45) is 7.08. The van der Waals surface area contributed by atoms with Gasteiger partial charge in [-0.15, -0.1) is 0 Å². The number of rotatable bonds is 4. The normalized spacial score (nSPS) is 31.8. The highest BCUT2D eigenvalue weighted by molar-refractivity contribution is 7.92. The van der Waals surface area contributed by atoms with Crippen molar-refractivity contribution in [3.05, 3.63) is 30.6 Å². The minimum Gasteiger partial charge on any atom is -0.347 e. The first kappa shape index (κ1) is 17.9.